The zero-order chi connectivity index (χ0) is 21.7. The van der Waals surface area contributed by atoms with E-state index in [-0.39, 0.29) is 0 Å². The molecule has 0 saturated heterocycles. The number of benzene rings is 1. The van der Waals surface area contributed by atoms with Gasteiger partial charge in [-0.3, -0.25) is 4.90 Å². The quantitative estimate of drug-likeness (QED) is 0.617. The SMILES string of the molecule is CN(C)CCCNc1nc(CN(C)C2CCC(C(C)(C)C)CC2)nc2ccccc12. The highest BCUT2D eigenvalue weighted by atomic mass is 15.2. The Kier molecular flexibility index (Phi) is 7.70. The highest BCUT2D eigenvalue weighted by Crippen LogP contribution is 2.39. The molecular weight excluding hydrogens is 370 g/mol. The van der Waals surface area contributed by atoms with Crippen LogP contribution in [0.4, 0.5) is 5.82 Å². The Morgan fingerprint density at radius 2 is 1.70 bits per heavy atom. The van der Waals surface area contributed by atoms with Gasteiger partial charge < -0.3 is 10.2 Å². The van der Waals surface area contributed by atoms with Gasteiger partial charge in [-0.05, 0) is 83.3 Å². The Morgan fingerprint density at radius 1 is 1.00 bits per heavy atom. The summed E-state index contributed by atoms with van der Waals surface area (Å²) in [6.45, 7) is 9.96. The van der Waals surface area contributed by atoms with Gasteiger partial charge in [0.25, 0.3) is 0 Å². The van der Waals surface area contributed by atoms with Crippen molar-refractivity contribution in [1.29, 1.82) is 0 Å². The normalized spacial score (nSPS) is 20.3. The van der Waals surface area contributed by atoms with E-state index in [4.69, 9.17) is 9.97 Å². The molecular formula is C25H41N5. The molecule has 5 nitrogen and oxygen atoms in total. The highest BCUT2D eigenvalue weighted by Gasteiger charge is 2.31. The highest BCUT2D eigenvalue weighted by molar-refractivity contribution is 5.88. The third kappa shape index (κ3) is 6.14. The molecule has 1 heterocycles. The smallest absolute Gasteiger partial charge is 0.145 e. The maximum atomic E-state index is 4.93. The van der Waals surface area contributed by atoms with Crippen LogP contribution < -0.4 is 5.32 Å². The van der Waals surface area contributed by atoms with Gasteiger partial charge in [0.1, 0.15) is 11.6 Å². The maximum Gasteiger partial charge on any atom is 0.145 e. The number of para-hydroxylation sites is 1. The molecule has 0 radical (unpaired) electrons. The van der Waals surface area contributed by atoms with E-state index in [1.165, 1.54) is 25.7 Å². The molecule has 1 aliphatic carbocycles. The topological polar surface area (TPSA) is 44.3 Å². The third-order valence-electron chi connectivity index (χ3n) is 6.66. The van der Waals surface area contributed by atoms with Crippen molar-refractivity contribution < 1.29 is 0 Å². The summed E-state index contributed by atoms with van der Waals surface area (Å²) in [6.07, 6.45) is 6.31. The van der Waals surface area contributed by atoms with Crippen molar-refractivity contribution in [2.75, 3.05) is 39.5 Å². The summed E-state index contributed by atoms with van der Waals surface area (Å²) in [5, 5.41) is 4.67. The van der Waals surface area contributed by atoms with Crippen LogP contribution in [0.5, 0.6) is 0 Å². The second-order valence-corrected chi connectivity index (χ2v) is 10.4. The molecule has 3 rings (SSSR count). The first-order valence-electron chi connectivity index (χ1n) is 11.6. The molecule has 2 aromatic rings. The average molecular weight is 412 g/mol. The van der Waals surface area contributed by atoms with E-state index in [0.717, 1.165) is 54.5 Å². The molecule has 166 valence electrons. The van der Waals surface area contributed by atoms with E-state index < -0.39 is 0 Å². The number of hydrogen-bond acceptors (Lipinski definition) is 5. The molecule has 1 aliphatic rings. The van der Waals surface area contributed by atoms with Crippen molar-refractivity contribution in [3.8, 4) is 0 Å². The van der Waals surface area contributed by atoms with E-state index in [2.05, 4.69) is 81.3 Å². The van der Waals surface area contributed by atoms with Gasteiger partial charge in [-0.25, -0.2) is 9.97 Å². The van der Waals surface area contributed by atoms with Gasteiger partial charge in [0, 0.05) is 18.0 Å². The lowest BCUT2D eigenvalue weighted by molar-refractivity contribution is 0.106. The summed E-state index contributed by atoms with van der Waals surface area (Å²) in [6, 6.07) is 8.98. The second-order valence-electron chi connectivity index (χ2n) is 10.4. The van der Waals surface area contributed by atoms with Crippen molar-refractivity contribution in [2.45, 2.75) is 65.5 Å². The zero-order valence-electron chi connectivity index (χ0n) is 19.9. The number of hydrogen-bond donors (Lipinski definition) is 1. The molecule has 1 aromatic carbocycles. The lowest BCUT2D eigenvalue weighted by Crippen LogP contribution is -2.37. The van der Waals surface area contributed by atoms with Crippen LogP contribution in [0, 0.1) is 11.3 Å². The van der Waals surface area contributed by atoms with Gasteiger partial charge in [-0.2, -0.15) is 0 Å². The first kappa shape index (κ1) is 23.0. The Hall–Kier alpha value is -1.72. The van der Waals surface area contributed by atoms with E-state index in [0.29, 0.717) is 11.5 Å². The van der Waals surface area contributed by atoms with Crippen LogP contribution in [0.2, 0.25) is 0 Å². The predicted molar refractivity (Wildman–Crippen MR) is 128 cm³/mol. The molecule has 0 atom stereocenters. The number of fused-ring (bicyclic) bond motifs is 1. The fraction of sp³-hybridized carbons (Fsp3) is 0.680. The Bertz CT molecular complexity index is 803. The summed E-state index contributed by atoms with van der Waals surface area (Å²) in [5.74, 6) is 2.74. The van der Waals surface area contributed by atoms with Gasteiger partial charge >= 0.3 is 0 Å². The van der Waals surface area contributed by atoms with E-state index in [1.807, 2.05) is 0 Å². The van der Waals surface area contributed by atoms with Crippen molar-refractivity contribution in [2.24, 2.45) is 11.3 Å². The van der Waals surface area contributed by atoms with Crippen LogP contribution in [0.15, 0.2) is 24.3 Å². The van der Waals surface area contributed by atoms with Crippen LogP contribution in [0.25, 0.3) is 10.9 Å². The molecule has 5 heteroatoms. The van der Waals surface area contributed by atoms with Crippen LogP contribution in [0.1, 0.15) is 58.7 Å². The molecule has 0 unspecified atom stereocenters. The van der Waals surface area contributed by atoms with Gasteiger partial charge in [-0.15, -0.1) is 0 Å². The van der Waals surface area contributed by atoms with Crippen molar-refractivity contribution >= 4 is 16.7 Å². The minimum Gasteiger partial charge on any atom is -0.369 e. The van der Waals surface area contributed by atoms with Crippen LogP contribution in [0.3, 0.4) is 0 Å². The number of anilines is 1. The Labute approximate surface area is 183 Å². The summed E-state index contributed by atoms with van der Waals surface area (Å²) < 4.78 is 0. The molecule has 0 amide bonds. The molecule has 1 aromatic heterocycles. The lowest BCUT2D eigenvalue weighted by Gasteiger charge is -2.39. The second kappa shape index (κ2) is 10.1. The number of aromatic nitrogens is 2. The fourth-order valence-electron chi connectivity index (χ4n) is 4.67. The number of nitrogens with one attached hydrogen (secondary N) is 1. The first-order chi connectivity index (χ1) is 14.2. The summed E-state index contributed by atoms with van der Waals surface area (Å²) in [5.41, 5.74) is 1.46. The summed E-state index contributed by atoms with van der Waals surface area (Å²) in [7, 11) is 6.47. The van der Waals surface area contributed by atoms with Crippen molar-refractivity contribution in [3.05, 3.63) is 30.1 Å². The molecule has 0 spiro atoms. The number of rotatable bonds is 8. The van der Waals surface area contributed by atoms with Gasteiger partial charge in [0.15, 0.2) is 0 Å². The largest absolute Gasteiger partial charge is 0.369 e. The Morgan fingerprint density at radius 3 is 2.37 bits per heavy atom. The molecule has 30 heavy (non-hydrogen) atoms. The van der Waals surface area contributed by atoms with Crippen LogP contribution in [-0.4, -0.2) is 60.0 Å². The number of nitrogens with zero attached hydrogens (tertiary/aromatic N) is 4. The maximum absolute atomic E-state index is 4.93. The fourth-order valence-corrected chi connectivity index (χ4v) is 4.67. The van der Waals surface area contributed by atoms with Crippen molar-refractivity contribution in [1.82, 2.24) is 19.8 Å². The van der Waals surface area contributed by atoms with Crippen molar-refractivity contribution in [3.63, 3.8) is 0 Å². The summed E-state index contributed by atoms with van der Waals surface area (Å²) in [4.78, 5) is 14.5. The van der Waals surface area contributed by atoms with Gasteiger partial charge in [0.2, 0.25) is 0 Å². The first-order valence-corrected chi connectivity index (χ1v) is 11.6. The van der Waals surface area contributed by atoms with Crippen LogP contribution in [-0.2, 0) is 6.54 Å². The van der Waals surface area contributed by atoms with Gasteiger partial charge in [-0.1, -0.05) is 32.9 Å². The zero-order valence-corrected chi connectivity index (χ0v) is 19.9. The van der Waals surface area contributed by atoms with E-state index in [9.17, 15) is 0 Å². The third-order valence-corrected chi connectivity index (χ3v) is 6.66. The standard InChI is InChI=1S/C25H41N5/c1-25(2,3)19-12-14-20(15-13-19)30(6)18-23-27-22-11-8-7-10-21(22)24(28-23)26-16-9-17-29(4)5/h7-8,10-11,19-20H,9,12-18H2,1-6H3,(H,26,27,28). The Balaban J connectivity index is 1.66. The molecule has 0 bridgehead atoms. The van der Waals surface area contributed by atoms with E-state index in [1.54, 1.807) is 0 Å². The molecule has 0 aliphatic heterocycles. The van der Waals surface area contributed by atoms with E-state index >= 15 is 0 Å². The minimum atomic E-state index is 0.429. The van der Waals surface area contributed by atoms with Gasteiger partial charge in [0.05, 0.1) is 12.1 Å². The monoisotopic (exact) mass is 411 g/mol. The lowest BCUT2D eigenvalue weighted by atomic mass is 9.71. The predicted octanol–water partition coefficient (Wildman–Crippen LogP) is 5.03. The minimum absolute atomic E-state index is 0.429. The molecule has 1 N–H and O–H groups in total. The average Bonchev–Trinajstić information content (AvgIpc) is 2.70. The molecule has 1 fully saturated rings. The summed E-state index contributed by atoms with van der Waals surface area (Å²) >= 11 is 0. The van der Waals surface area contributed by atoms with Crippen LogP contribution >= 0.6 is 0 Å². The molecule has 1 saturated carbocycles.